The van der Waals surface area contributed by atoms with E-state index < -0.39 is 0 Å². The van der Waals surface area contributed by atoms with Crippen molar-refractivity contribution in [1.29, 1.82) is 0 Å². The van der Waals surface area contributed by atoms with Crippen molar-refractivity contribution in [3.05, 3.63) is 34.7 Å². The van der Waals surface area contributed by atoms with E-state index in [0.29, 0.717) is 10.6 Å². The SMILES string of the molecule is COc1ccc(-c2csc(N)c2C(=O)OC2CCCCC2)cc1C. The van der Waals surface area contributed by atoms with E-state index in [9.17, 15) is 4.79 Å². The summed E-state index contributed by atoms with van der Waals surface area (Å²) in [6.45, 7) is 1.98. The van der Waals surface area contributed by atoms with Gasteiger partial charge in [-0.1, -0.05) is 12.5 Å². The number of benzene rings is 1. The van der Waals surface area contributed by atoms with E-state index in [0.717, 1.165) is 48.1 Å². The zero-order chi connectivity index (χ0) is 17.1. The van der Waals surface area contributed by atoms with Gasteiger partial charge in [0.2, 0.25) is 0 Å². The molecule has 0 bridgehead atoms. The molecule has 0 amide bonds. The molecule has 1 aliphatic carbocycles. The van der Waals surface area contributed by atoms with E-state index in [2.05, 4.69) is 0 Å². The largest absolute Gasteiger partial charge is 0.496 e. The molecule has 2 N–H and O–H groups in total. The Morgan fingerprint density at radius 1 is 1.25 bits per heavy atom. The standard InChI is InChI=1S/C19H23NO3S/c1-12-10-13(8-9-16(12)22-2)15-11-24-18(20)17(15)19(21)23-14-6-4-3-5-7-14/h8-11,14H,3-7,20H2,1-2H3. The molecule has 0 saturated heterocycles. The van der Waals surface area contributed by atoms with Crippen molar-refractivity contribution in [3.8, 4) is 16.9 Å². The first-order valence-corrected chi connectivity index (χ1v) is 9.21. The van der Waals surface area contributed by atoms with Gasteiger partial charge >= 0.3 is 5.97 Å². The molecule has 0 spiro atoms. The third kappa shape index (κ3) is 3.41. The van der Waals surface area contributed by atoms with Gasteiger partial charge in [0.15, 0.2) is 0 Å². The average molecular weight is 345 g/mol. The van der Waals surface area contributed by atoms with Crippen LogP contribution in [0.2, 0.25) is 0 Å². The molecule has 1 saturated carbocycles. The summed E-state index contributed by atoms with van der Waals surface area (Å²) in [4.78, 5) is 12.7. The van der Waals surface area contributed by atoms with Crippen LogP contribution in [0.1, 0.15) is 48.0 Å². The van der Waals surface area contributed by atoms with Crippen molar-refractivity contribution in [2.45, 2.75) is 45.1 Å². The molecule has 0 radical (unpaired) electrons. The van der Waals surface area contributed by atoms with E-state index >= 15 is 0 Å². The fraction of sp³-hybridized carbons (Fsp3) is 0.421. The number of aryl methyl sites for hydroxylation is 1. The van der Waals surface area contributed by atoms with Crippen molar-refractivity contribution >= 4 is 22.3 Å². The smallest absolute Gasteiger partial charge is 0.342 e. The maximum atomic E-state index is 12.7. The molecule has 1 aliphatic rings. The second kappa shape index (κ2) is 7.26. The Kier molecular flexibility index (Phi) is 5.09. The van der Waals surface area contributed by atoms with Crippen LogP contribution in [-0.4, -0.2) is 19.2 Å². The van der Waals surface area contributed by atoms with Crippen molar-refractivity contribution in [3.63, 3.8) is 0 Å². The van der Waals surface area contributed by atoms with Gasteiger partial charge in [-0.05, 0) is 55.9 Å². The van der Waals surface area contributed by atoms with Gasteiger partial charge in [-0.3, -0.25) is 0 Å². The molecule has 0 unspecified atom stereocenters. The van der Waals surface area contributed by atoms with Crippen LogP contribution in [0.25, 0.3) is 11.1 Å². The molecule has 0 aliphatic heterocycles. The van der Waals surface area contributed by atoms with Crippen LogP contribution in [0, 0.1) is 6.92 Å². The minimum atomic E-state index is -0.302. The number of esters is 1. The number of rotatable bonds is 4. The topological polar surface area (TPSA) is 61.5 Å². The summed E-state index contributed by atoms with van der Waals surface area (Å²) in [5, 5.41) is 2.44. The molecule has 3 rings (SSSR count). The highest BCUT2D eigenvalue weighted by Gasteiger charge is 2.24. The van der Waals surface area contributed by atoms with Crippen molar-refractivity contribution in [2.75, 3.05) is 12.8 Å². The minimum absolute atomic E-state index is 0.0241. The summed E-state index contributed by atoms with van der Waals surface area (Å²) < 4.78 is 11.0. The number of carbonyl (C=O) groups is 1. The molecule has 1 heterocycles. The Balaban J connectivity index is 1.88. The van der Waals surface area contributed by atoms with E-state index in [4.69, 9.17) is 15.2 Å². The number of anilines is 1. The van der Waals surface area contributed by atoms with Crippen molar-refractivity contribution in [1.82, 2.24) is 0 Å². The summed E-state index contributed by atoms with van der Waals surface area (Å²) in [6, 6.07) is 5.87. The van der Waals surface area contributed by atoms with Crippen LogP contribution in [-0.2, 0) is 4.74 Å². The quantitative estimate of drug-likeness (QED) is 0.808. The number of hydrogen-bond acceptors (Lipinski definition) is 5. The van der Waals surface area contributed by atoms with Crippen molar-refractivity contribution in [2.24, 2.45) is 0 Å². The normalized spacial score (nSPS) is 15.2. The van der Waals surface area contributed by atoms with Crippen LogP contribution >= 0.6 is 11.3 Å². The minimum Gasteiger partial charge on any atom is -0.496 e. The maximum absolute atomic E-state index is 12.7. The number of nitrogens with two attached hydrogens (primary N) is 1. The number of ether oxygens (including phenoxy) is 2. The molecule has 1 fully saturated rings. The van der Waals surface area contributed by atoms with Gasteiger partial charge in [0.1, 0.15) is 22.4 Å². The van der Waals surface area contributed by atoms with Crippen molar-refractivity contribution < 1.29 is 14.3 Å². The summed E-state index contributed by atoms with van der Waals surface area (Å²) in [7, 11) is 1.65. The van der Waals surface area contributed by atoms with Crippen LogP contribution in [0.3, 0.4) is 0 Å². The number of hydrogen-bond donors (Lipinski definition) is 1. The van der Waals surface area contributed by atoms with E-state index in [1.165, 1.54) is 17.8 Å². The van der Waals surface area contributed by atoms with E-state index in [-0.39, 0.29) is 12.1 Å². The Morgan fingerprint density at radius 3 is 2.67 bits per heavy atom. The summed E-state index contributed by atoms with van der Waals surface area (Å²) in [5.74, 6) is 0.525. The molecular weight excluding hydrogens is 322 g/mol. The first kappa shape index (κ1) is 16.8. The van der Waals surface area contributed by atoms with Gasteiger partial charge in [-0.25, -0.2) is 4.79 Å². The molecule has 0 atom stereocenters. The third-order valence-corrected chi connectivity index (χ3v) is 5.37. The summed E-state index contributed by atoms with van der Waals surface area (Å²) >= 11 is 1.38. The Hall–Kier alpha value is -2.01. The predicted octanol–water partition coefficient (Wildman–Crippen LogP) is 4.80. The second-order valence-electron chi connectivity index (χ2n) is 6.24. The number of thiophene rings is 1. The van der Waals surface area contributed by atoms with Gasteiger partial charge in [-0.15, -0.1) is 11.3 Å². The molecule has 1 aromatic carbocycles. The predicted molar refractivity (Wildman–Crippen MR) is 97.7 cm³/mol. The second-order valence-corrected chi connectivity index (χ2v) is 7.15. The molecule has 24 heavy (non-hydrogen) atoms. The Bertz CT molecular complexity index is 732. The number of carbonyl (C=O) groups excluding carboxylic acids is 1. The molecule has 128 valence electrons. The monoisotopic (exact) mass is 345 g/mol. The lowest BCUT2D eigenvalue weighted by atomic mass is 9.97. The lowest BCUT2D eigenvalue weighted by Gasteiger charge is -2.22. The highest BCUT2D eigenvalue weighted by molar-refractivity contribution is 7.14. The molecule has 2 aromatic rings. The first-order valence-electron chi connectivity index (χ1n) is 8.33. The number of nitrogen functional groups attached to an aromatic ring is 1. The van der Waals surface area contributed by atoms with E-state index in [1.807, 2.05) is 30.5 Å². The average Bonchev–Trinajstić information content (AvgIpc) is 2.97. The fourth-order valence-electron chi connectivity index (χ4n) is 3.24. The lowest BCUT2D eigenvalue weighted by molar-refractivity contribution is 0.0214. The summed E-state index contributed by atoms with van der Waals surface area (Å²) in [5.41, 5.74) is 9.38. The van der Waals surface area contributed by atoms with Crippen LogP contribution in [0.5, 0.6) is 5.75 Å². The fourth-order valence-corrected chi connectivity index (χ4v) is 4.05. The maximum Gasteiger partial charge on any atom is 0.342 e. The Morgan fingerprint density at radius 2 is 2.00 bits per heavy atom. The molecule has 4 nitrogen and oxygen atoms in total. The van der Waals surface area contributed by atoms with Gasteiger partial charge in [0.05, 0.1) is 7.11 Å². The lowest BCUT2D eigenvalue weighted by Crippen LogP contribution is -2.21. The number of methoxy groups -OCH3 is 1. The molecule has 1 aromatic heterocycles. The first-order chi connectivity index (χ1) is 11.6. The third-order valence-electron chi connectivity index (χ3n) is 4.56. The summed E-state index contributed by atoms with van der Waals surface area (Å²) in [6.07, 6.45) is 5.41. The molecular formula is C19H23NO3S. The van der Waals surface area contributed by atoms with Crippen LogP contribution in [0.15, 0.2) is 23.6 Å². The molecule has 5 heteroatoms. The highest BCUT2D eigenvalue weighted by atomic mass is 32.1. The van der Waals surface area contributed by atoms with Gasteiger partial charge < -0.3 is 15.2 Å². The van der Waals surface area contributed by atoms with Gasteiger partial charge in [-0.2, -0.15) is 0 Å². The highest BCUT2D eigenvalue weighted by Crippen LogP contribution is 2.36. The van der Waals surface area contributed by atoms with Crippen LogP contribution < -0.4 is 10.5 Å². The van der Waals surface area contributed by atoms with Gasteiger partial charge in [0, 0.05) is 10.9 Å². The van der Waals surface area contributed by atoms with E-state index in [1.54, 1.807) is 7.11 Å². The zero-order valence-corrected chi connectivity index (χ0v) is 14.9. The van der Waals surface area contributed by atoms with Gasteiger partial charge in [0.25, 0.3) is 0 Å². The van der Waals surface area contributed by atoms with Crippen LogP contribution in [0.4, 0.5) is 5.00 Å². The Labute approximate surface area is 146 Å². The zero-order valence-electron chi connectivity index (χ0n) is 14.1.